The molecule has 0 fully saturated rings. The van der Waals surface area contributed by atoms with Gasteiger partial charge >= 0.3 is 24.0 Å². The van der Waals surface area contributed by atoms with Crippen molar-refractivity contribution >= 4 is 29.9 Å². The van der Waals surface area contributed by atoms with Crippen LogP contribution in [0, 0.1) is 11.8 Å². The minimum Gasteiger partial charge on any atom is -0.480 e. The Morgan fingerprint density at radius 3 is 1.91 bits per heavy atom. The second-order valence-corrected chi connectivity index (χ2v) is 7.13. The number of aliphatic hydroxyl groups excluding tert-OH is 1. The van der Waals surface area contributed by atoms with Gasteiger partial charge < -0.3 is 35.1 Å². The molecule has 0 radical (unpaired) electrons. The lowest BCUT2D eigenvalue weighted by Crippen LogP contribution is -2.58. The van der Waals surface area contributed by atoms with Gasteiger partial charge in [-0.05, 0) is 12.5 Å². The van der Waals surface area contributed by atoms with E-state index in [1.165, 1.54) is 13.8 Å². The van der Waals surface area contributed by atoms with Crippen LogP contribution in [0.3, 0.4) is 0 Å². The molecule has 0 aliphatic heterocycles. The summed E-state index contributed by atoms with van der Waals surface area (Å²) in [5, 5.41) is 23.8. The number of amides is 2. The summed E-state index contributed by atoms with van der Waals surface area (Å²) in [4.78, 5) is 60.6. The van der Waals surface area contributed by atoms with Crippen molar-refractivity contribution in [2.75, 3.05) is 14.2 Å². The summed E-state index contributed by atoms with van der Waals surface area (Å²) in [6.45, 7) is 2.33. The summed E-state index contributed by atoms with van der Waals surface area (Å²) in [7, 11) is 2.02. The molecule has 2 amide bonds. The molecule has 12 nitrogen and oxygen atoms in total. The monoisotopic (exact) mass is 468 g/mol. The molecule has 0 spiro atoms. The molecule has 1 rings (SSSR count). The van der Waals surface area contributed by atoms with Gasteiger partial charge in [0.1, 0.15) is 18.7 Å². The Labute approximate surface area is 190 Å². The molecule has 0 aliphatic rings. The molecular formula is C21H28N2O10. The number of benzene rings is 1. The molecular weight excluding hydrogens is 440 g/mol. The number of aliphatic carboxylic acids is 1. The Hall–Kier alpha value is -3.67. The fourth-order valence-corrected chi connectivity index (χ4v) is 2.93. The third-order valence-electron chi connectivity index (χ3n) is 4.78. The number of carboxylic acids is 1. The van der Waals surface area contributed by atoms with Gasteiger partial charge in [0.15, 0.2) is 5.92 Å². The van der Waals surface area contributed by atoms with E-state index < -0.39 is 59.9 Å². The molecule has 0 heterocycles. The van der Waals surface area contributed by atoms with Crippen LogP contribution in [0.25, 0.3) is 0 Å². The highest BCUT2D eigenvalue weighted by atomic mass is 16.6. The quantitative estimate of drug-likeness (QED) is 0.194. The smallest absolute Gasteiger partial charge is 0.408 e. The number of hydrogen-bond acceptors (Lipinski definition) is 9. The van der Waals surface area contributed by atoms with Crippen LogP contribution in [0.4, 0.5) is 4.79 Å². The Kier molecular flexibility index (Phi) is 10.8. The number of hydrogen-bond donors (Lipinski definition) is 4. The van der Waals surface area contributed by atoms with E-state index in [-0.39, 0.29) is 6.61 Å². The fourth-order valence-electron chi connectivity index (χ4n) is 2.93. The van der Waals surface area contributed by atoms with E-state index in [1.807, 2.05) is 0 Å². The zero-order valence-electron chi connectivity index (χ0n) is 18.6. The summed E-state index contributed by atoms with van der Waals surface area (Å²) in [6.07, 6.45) is -2.46. The number of methoxy groups -OCH3 is 2. The number of aliphatic hydroxyl groups is 1. The molecule has 1 aromatic carbocycles. The molecule has 33 heavy (non-hydrogen) atoms. The average molecular weight is 468 g/mol. The highest BCUT2D eigenvalue weighted by molar-refractivity contribution is 5.96. The topological polar surface area (TPSA) is 178 Å². The maximum atomic E-state index is 12.7. The third-order valence-corrected chi connectivity index (χ3v) is 4.78. The molecule has 0 saturated carbocycles. The molecule has 0 saturated heterocycles. The van der Waals surface area contributed by atoms with Gasteiger partial charge in [0.05, 0.1) is 20.3 Å². The number of carbonyl (C=O) groups excluding carboxylic acids is 4. The van der Waals surface area contributed by atoms with E-state index in [2.05, 4.69) is 20.1 Å². The zero-order chi connectivity index (χ0) is 25.1. The van der Waals surface area contributed by atoms with Gasteiger partial charge in [0.25, 0.3) is 0 Å². The molecule has 0 unspecified atom stereocenters. The SMILES string of the molecule is COC(=O)C(C(=O)OC)[C@H](C)[C@H](NC(=O)[C@@H](NC(=O)OCc1ccccc1)[C@@H](C)O)C(=O)O. The number of rotatable bonds is 11. The minimum atomic E-state index is -1.76. The van der Waals surface area contributed by atoms with E-state index in [4.69, 9.17) is 4.74 Å². The average Bonchev–Trinajstić information content (AvgIpc) is 2.79. The Morgan fingerprint density at radius 2 is 1.45 bits per heavy atom. The molecule has 182 valence electrons. The summed E-state index contributed by atoms with van der Waals surface area (Å²) < 4.78 is 14.1. The second-order valence-electron chi connectivity index (χ2n) is 7.13. The Bertz CT molecular complexity index is 827. The number of esters is 2. The van der Waals surface area contributed by atoms with Crippen LogP contribution in [-0.2, 0) is 40.0 Å². The lowest BCUT2D eigenvalue weighted by molar-refractivity contribution is -0.163. The number of carbonyl (C=O) groups is 5. The predicted molar refractivity (Wildman–Crippen MR) is 111 cm³/mol. The normalized spacial score (nSPS) is 14.2. The Balaban J connectivity index is 2.93. The first-order valence-corrected chi connectivity index (χ1v) is 9.87. The summed E-state index contributed by atoms with van der Waals surface area (Å²) in [5.74, 6) is -7.69. The van der Waals surface area contributed by atoms with Crippen molar-refractivity contribution < 1.29 is 48.4 Å². The van der Waals surface area contributed by atoms with E-state index in [0.717, 1.165) is 14.2 Å². The maximum Gasteiger partial charge on any atom is 0.408 e. The van der Waals surface area contributed by atoms with Crippen LogP contribution in [0.1, 0.15) is 19.4 Å². The van der Waals surface area contributed by atoms with Crippen molar-refractivity contribution in [1.82, 2.24) is 10.6 Å². The van der Waals surface area contributed by atoms with Crippen LogP contribution in [-0.4, -0.2) is 72.5 Å². The molecule has 12 heteroatoms. The van der Waals surface area contributed by atoms with E-state index in [0.29, 0.717) is 5.56 Å². The first-order valence-electron chi connectivity index (χ1n) is 9.87. The van der Waals surface area contributed by atoms with Crippen molar-refractivity contribution in [3.63, 3.8) is 0 Å². The highest BCUT2D eigenvalue weighted by Crippen LogP contribution is 2.20. The lowest BCUT2D eigenvalue weighted by Gasteiger charge is -2.28. The first kappa shape index (κ1) is 27.4. The summed E-state index contributed by atoms with van der Waals surface area (Å²) in [6, 6.07) is 5.34. The van der Waals surface area contributed by atoms with Gasteiger partial charge in [-0.25, -0.2) is 9.59 Å². The van der Waals surface area contributed by atoms with Gasteiger partial charge in [-0.1, -0.05) is 37.3 Å². The molecule has 0 aliphatic carbocycles. The molecule has 0 bridgehead atoms. The van der Waals surface area contributed by atoms with Gasteiger partial charge in [-0.15, -0.1) is 0 Å². The van der Waals surface area contributed by atoms with Gasteiger partial charge in [-0.3, -0.25) is 14.4 Å². The van der Waals surface area contributed by atoms with Crippen LogP contribution >= 0.6 is 0 Å². The zero-order valence-corrected chi connectivity index (χ0v) is 18.6. The van der Waals surface area contributed by atoms with Crippen molar-refractivity contribution in [3.05, 3.63) is 35.9 Å². The van der Waals surface area contributed by atoms with Gasteiger partial charge in [0.2, 0.25) is 5.91 Å². The predicted octanol–water partition coefficient (Wildman–Crippen LogP) is -0.170. The maximum absolute atomic E-state index is 12.7. The van der Waals surface area contributed by atoms with Gasteiger partial charge in [-0.2, -0.15) is 0 Å². The van der Waals surface area contributed by atoms with Crippen LogP contribution in [0.2, 0.25) is 0 Å². The standard InChI is InChI=1S/C21H28N2O10/c1-11(14(19(28)31-3)20(29)32-4)15(18(26)27)22-17(25)16(12(2)24)23-21(30)33-10-13-8-6-5-7-9-13/h5-9,11-12,14-16,24H,10H2,1-4H3,(H,22,25)(H,23,30)(H,26,27)/t11-,12+,15-,16-/m0/s1. The lowest BCUT2D eigenvalue weighted by atomic mass is 9.87. The third kappa shape index (κ3) is 8.07. The van der Waals surface area contributed by atoms with E-state index in [1.54, 1.807) is 30.3 Å². The second kappa shape index (κ2) is 13.0. The van der Waals surface area contributed by atoms with Crippen LogP contribution in [0.5, 0.6) is 0 Å². The van der Waals surface area contributed by atoms with Crippen LogP contribution in [0.15, 0.2) is 30.3 Å². The van der Waals surface area contributed by atoms with Gasteiger partial charge in [0, 0.05) is 5.92 Å². The largest absolute Gasteiger partial charge is 0.480 e. The number of carboxylic acid groups (broad SMARTS) is 1. The van der Waals surface area contributed by atoms with Crippen molar-refractivity contribution in [2.24, 2.45) is 11.8 Å². The molecule has 1 aromatic rings. The number of alkyl carbamates (subject to hydrolysis) is 1. The fraction of sp³-hybridized carbons (Fsp3) is 0.476. The first-order chi connectivity index (χ1) is 15.5. The molecule has 4 atom stereocenters. The summed E-state index contributed by atoms with van der Waals surface area (Å²) in [5.41, 5.74) is 0.683. The van der Waals surface area contributed by atoms with Crippen molar-refractivity contribution in [2.45, 2.75) is 38.6 Å². The van der Waals surface area contributed by atoms with Crippen molar-refractivity contribution in [3.8, 4) is 0 Å². The van der Waals surface area contributed by atoms with Crippen molar-refractivity contribution in [1.29, 1.82) is 0 Å². The minimum absolute atomic E-state index is 0.102. The van der Waals surface area contributed by atoms with E-state index >= 15 is 0 Å². The highest BCUT2D eigenvalue weighted by Gasteiger charge is 2.43. The molecule has 4 N–H and O–H groups in total. The number of ether oxygens (including phenoxy) is 3. The molecule has 0 aromatic heterocycles. The number of nitrogens with one attached hydrogen (secondary N) is 2. The van der Waals surface area contributed by atoms with E-state index in [9.17, 15) is 34.2 Å². The Morgan fingerprint density at radius 1 is 0.909 bits per heavy atom. The van der Waals surface area contributed by atoms with Crippen LogP contribution < -0.4 is 10.6 Å². The summed E-state index contributed by atoms with van der Waals surface area (Å²) >= 11 is 0.